The Morgan fingerprint density at radius 3 is 2.47 bits per heavy atom. The highest BCUT2D eigenvalue weighted by molar-refractivity contribution is 7.91. The summed E-state index contributed by atoms with van der Waals surface area (Å²) in [5.41, 5.74) is 1.95. The number of nitrogens with zero attached hydrogens (tertiary/aromatic N) is 4. The first-order chi connectivity index (χ1) is 15.2. The summed E-state index contributed by atoms with van der Waals surface area (Å²) in [6, 6.07) is 7.76. The van der Waals surface area contributed by atoms with E-state index in [1.54, 1.807) is 34.2 Å². The van der Waals surface area contributed by atoms with Gasteiger partial charge in [0.1, 0.15) is 4.90 Å². The van der Waals surface area contributed by atoms with Crippen LogP contribution in [0.25, 0.3) is 10.2 Å². The molecule has 0 aliphatic carbocycles. The molecular formula is C21H26N4O4S3. The first-order valence-corrected chi connectivity index (χ1v) is 14.9. The number of aromatic nitrogens is 3. The lowest BCUT2D eigenvalue weighted by Crippen LogP contribution is -2.38. The highest BCUT2D eigenvalue weighted by Gasteiger charge is 2.37. The normalized spacial score (nSPS) is 22.6. The predicted molar refractivity (Wildman–Crippen MR) is 124 cm³/mol. The van der Waals surface area contributed by atoms with Crippen molar-refractivity contribution in [3.63, 3.8) is 0 Å². The summed E-state index contributed by atoms with van der Waals surface area (Å²) in [6.45, 7) is 4.29. The molecule has 0 unspecified atom stereocenters. The van der Waals surface area contributed by atoms with Gasteiger partial charge in [0.05, 0.1) is 44.2 Å². The van der Waals surface area contributed by atoms with Crippen molar-refractivity contribution >= 4 is 41.4 Å². The molecule has 2 aliphatic heterocycles. The van der Waals surface area contributed by atoms with E-state index >= 15 is 0 Å². The van der Waals surface area contributed by atoms with Gasteiger partial charge in [0, 0.05) is 19.0 Å². The molecule has 32 heavy (non-hydrogen) atoms. The number of hydrogen-bond donors (Lipinski definition) is 0. The van der Waals surface area contributed by atoms with Gasteiger partial charge in [-0.2, -0.15) is 9.40 Å². The topological polar surface area (TPSA) is 102 Å². The molecule has 0 amide bonds. The third-order valence-corrected chi connectivity index (χ3v) is 11.6. The van der Waals surface area contributed by atoms with Crippen LogP contribution in [-0.4, -0.2) is 60.5 Å². The summed E-state index contributed by atoms with van der Waals surface area (Å²) < 4.78 is 55.1. The zero-order valence-electron chi connectivity index (χ0n) is 18.1. The van der Waals surface area contributed by atoms with Gasteiger partial charge in [-0.25, -0.2) is 21.8 Å². The number of sulfone groups is 1. The van der Waals surface area contributed by atoms with E-state index in [0.717, 1.165) is 28.1 Å². The molecule has 2 aromatic heterocycles. The Bertz CT molecular complexity index is 1350. The number of rotatable bonds is 4. The Morgan fingerprint density at radius 2 is 1.81 bits per heavy atom. The van der Waals surface area contributed by atoms with E-state index in [2.05, 4.69) is 11.2 Å². The summed E-state index contributed by atoms with van der Waals surface area (Å²) in [5.74, 6) is 0.395. The van der Waals surface area contributed by atoms with Crippen LogP contribution in [0, 0.1) is 13.8 Å². The summed E-state index contributed by atoms with van der Waals surface area (Å²) in [6.07, 6.45) is 1.93. The molecule has 2 aliphatic rings. The number of hydrogen-bond acceptors (Lipinski definition) is 7. The van der Waals surface area contributed by atoms with Crippen molar-refractivity contribution in [3.05, 3.63) is 40.7 Å². The van der Waals surface area contributed by atoms with Crippen LogP contribution >= 0.6 is 11.3 Å². The molecule has 5 rings (SSSR count). The Balaban J connectivity index is 1.35. The van der Waals surface area contributed by atoms with Crippen LogP contribution in [0.4, 0.5) is 0 Å². The first-order valence-electron chi connectivity index (χ1n) is 10.8. The molecule has 0 spiro atoms. The summed E-state index contributed by atoms with van der Waals surface area (Å²) in [4.78, 5) is 4.98. The van der Waals surface area contributed by atoms with Crippen molar-refractivity contribution in [1.29, 1.82) is 0 Å². The van der Waals surface area contributed by atoms with Crippen LogP contribution in [0.3, 0.4) is 0 Å². The Hall–Kier alpha value is -1.82. The standard InChI is InChI=1S/C21H26N4O4S3/c1-14-20(15(2)25(23-14)17-9-12-31(26,27)13-17)32(28,29)24-10-7-16(8-11-24)21-22-18-5-3-4-6-19(18)30-21/h3-6,16-17H,7-13H2,1-2H3/t17-/m1/s1. The molecule has 3 aromatic rings. The fraction of sp³-hybridized carbons (Fsp3) is 0.524. The maximum absolute atomic E-state index is 13.5. The molecular weight excluding hydrogens is 468 g/mol. The monoisotopic (exact) mass is 494 g/mol. The van der Waals surface area contributed by atoms with Crippen LogP contribution in [0.5, 0.6) is 0 Å². The predicted octanol–water partition coefficient (Wildman–Crippen LogP) is 3.04. The van der Waals surface area contributed by atoms with Crippen molar-refractivity contribution in [3.8, 4) is 0 Å². The van der Waals surface area contributed by atoms with Gasteiger partial charge in [0.15, 0.2) is 9.84 Å². The zero-order valence-corrected chi connectivity index (χ0v) is 20.5. The quantitative estimate of drug-likeness (QED) is 0.552. The summed E-state index contributed by atoms with van der Waals surface area (Å²) in [7, 11) is -6.80. The second-order valence-corrected chi connectivity index (χ2v) is 13.9. The molecule has 4 heterocycles. The van der Waals surface area contributed by atoms with Crippen LogP contribution in [0.15, 0.2) is 29.2 Å². The van der Waals surface area contributed by atoms with Gasteiger partial charge in [0.2, 0.25) is 10.0 Å². The molecule has 1 aromatic carbocycles. The van der Waals surface area contributed by atoms with E-state index in [9.17, 15) is 16.8 Å². The van der Waals surface area contributed by atoms with E-state index in [-0.39, 0.29) is 28.4 Å². The minimum Gasteiger partial charge on any atom is -0.264 e. The highest BCUT2D eigenvalue weighted by atomic mass is 32.2. The summed E-state index contributed by atoms with van der Waals surface area (Å²) in [5, 5.41) is 5.52. The van der Waals surface area contributed by atoms with Crippen LogP contribution in [-0.2, 0) is 19.9 Å². The SMILES string of the molecule is Cc1nn([C@@H]2CCS(=O)(=O)C2)c(C)c1S(=O)(=O)N1CCC(c2nc3ccccc3s2)CC1. The lowest BCUT2D eigenvalue weighted by Gasteiger charge is -2.30. The maximum atomic E-state index is 13.5. The van der Waals surface area contributed by atoms with Gasteiger partial charge in [-0.05, 0) is 45.2 Å². The van der Waals surface area contributed by atoms with Crippen LogP contribution in [0.2, 0.25) is 0 Å². The number of benzene rings is 1. The van der Waals surface area contributed by atoms with Crippen molar-refractivity contribution in [2.24, 2.45) is 0 Å². The van der Waals surface area contributed by atoms with Gasteiger partial charge in [-0.3, -0.25) is 4.68 Å². The molecule has 0 bridgehead atoms. The van der Waals surface area contributed by atoms with E-state index in [4.69, 9.17) is 4.98 Å². The van der Waals surface area contributed by atoms with Crippen molar-refractivity contribution in [1.82, 2.24) is 19.1 Å². The fourth-order valence-electron chi connectivity index (χ4n) is 4.88. The van der Waals surface area contributed by atoms with Gasteiger partial charge >= 0.3 is 0 Å². The minimum atomic E-state index is -3.71. The lowest BCUT2D eigenvalue weighted by atomic mass is 9.99. The number of aryl methyl sites for hydroxylation is 1. The van der Waals surface area contributed by atoms with Gasteiger partial charge in [0.25, 0.3) is 0 Å². The maximum Gasteiger partial charge on any atom is 0.246 e. The summed E-state index contributed by atoms with van der Waals surface area (Å²) >= 11 is 1.69. The molecule has 8 nitrogen and oxygen atoms in total. The highest BCUT2D eigenvalue weighted by Crippen LogP contribution is 2.36. The molecule has 2 fully saturated rings. The lowest BCUT2D eigenvalue weighted by molar-refractivity contribution is 0.319. The van der Waals surface area contributed by atoms with E-state index in [1.165, 1.54) is 0 Å². The van der Waals surface area contributed by atoms with Crippen molar-refractivity contribution < 1.29 is 16.8 Å². The number of para-hydroxylation sites is 1. The van der Waals surface area contributed by atoms with Gasteiger partial charge in [-0.1, -0.05) is 12.1 Å². The average molecular weight is 495 g/mol. The van der Waals surface area contributed by atoms with E-state index < -0.39 is 19.9 Å². The number of piperidine rings is 1. The van der Waals surface area contributed by atoms with Crippen LogP contribution < -0.4 is 0 Å². The average Bonchev–Trinajstić information content (AvgIpc) is 3.42. The molecule has 1 atom stereocenters. The smallest absolute Gasteiger partial charge is 0.246 e. The number of fused-ring (bicyclic) bond motifs is 1. The zero-order chi connectivity index (χ0) is 22.7. The second kappa shape index (κ2) is 7.89. The van der Waals surface area contributed by atoms with E-state index in [1.807, 2.05) is 18.2 Å². The molecule has 2 saturated heterocycles. The molecule has 11 heteroatoms. The third kappa shape index (κ3) is 3.78. The first kappa shape index (κ1) is 22.0. The number of thiazole rings is 1. The fourth-order valence-corrected chi connectivity index (χ4v) is 9.54. The number of sulfonamides is 1. The largest absolute Gasteiger partial charge is 0.264 e. The third-order valence-electron chi connectivity index (χ3n) is 6.52. The van der Waals surface area contributed by atoms with Gasteiger partial charge in [-0.15, -0.1) is 11.3 Å². The molecule has 0 radical (unpaired) electrons. The Kier molecular flexibility index (Phi) is 5.43. The Labute approximate surface area is 192 Å². The van der Waals surface area contributed by atoms with Crippen LogP contribution in [0.1, 0.15) is 47.6 Å². The minimum absolute atomic E-state index is 0.0159. The molecule has 172 valence electrons. The molecule has 0 N–H and O–H groups in total. The molecule has 0 saturated carbocycles. The van der Waals surface area contributed by atoms with Crippen molar-refractivity contribution in [2.75, 3.05) is 24.6 Å². The van der Waals surface area contributed by atoms with Crippen molar-refractivity contribution in [2.45, 2.75) is 50.0 Å². The van der Waals surface area contributed by atoms with E-state index in [0.29, 0.717) is 30.9 Å². The van der Waals surface area contributed by atoms with Gasteiger partial charge < -0.3 is 0 Å². The second-order valence-electron chi connectivity index (χ2n) is 8.70. The Morgan fingerprint density at radius 1 is 1.09 bits per heavy atom.